The summed E-state index contributed by atoms with van der Waals surface area (Å²) >= 11 is 13.6. The molecule has 0 fully saturated rings. The molecule has 1 atom stereocenters. The highest BCUT2D eigenvalue weighted by molar-refractivity contribution is 7.99. The summed E-state index contributed by atoms with van der Waals surface area (Å²) in [6, 6.07) is 15.4. The van der Waals surface area contributed by atoms with Gasteiger partial charge in [-0.2, -0.15) is 0 Å². The van der Waals surface area contributed by atoms with Gasteiger partial charge in [0.05, 0.1) is 5.25 Å². The molecule has 1 N–H and O–H groups in total. The first-order chi connectivity index (χ1) is 10.6. The first kappa shape index (κ1) is 17.2. The van der Waals surface area contributed by atoms with Crippen LogP contribution < -0.4 is 5.32 Å². The number of benzene rings is 2. The molecule has 0 bridgehead atoms. The molecule has 0 aliphatic carbocycles. The molecule has 0 aliphatic rings. The summed E-state index contributed by atoms with van der Waals surface area (Å²) in [5.41, 5.74) is 2.08. The van der Waals surface area contributed by atoms with Crippen LogP contribution in [0.4, 0.5) is 0 Å². The second-order valence-corrected chi connectivity index (χ2v) is 7.07. The lowest BCUT2D eigenvalue weighted by Crippen LogP contribution is -2.30. The van der Waals surface area contributed by atoms with Crippen molar-refractivity contribution in [2.45, 2.75) is 24.5 Å². The van der Waals surface area contributed by atoms with Gasteiger partial charge < -0.3 is 5.32 Å². The van der Waals surface area contributed by atoms with Gasteiger partial charge in [-0.3, -0.25) is 4.79 Å². The number of halogens is 2. The summed E-state index contributed by atoms with van der Waals surface area (Å²) in [6.07, 6.45) is 0. The maximum Gasteiger partial charge on any atom is 0.233 e. The summed E-state index contributed by atoms with van der Waals surface area (Å²) in [4.78, 5) is 12.1. The van der Waals surface area contributed by atoms with E-state index in [0.717, 1.165) is 11.3 Å². The van der Waals surface area contributed by atoms with Crippen molar-refractivity contribution in [3.63, 3.8) is 0 Å². The van der Waals surface area contributed by atoms with Gasteiger partial charge in [0.15, 0.2) is 0 Å². The average molecular weight is 354 g/mol. The standard InChI is InChI=1S/C17H17Cl2NOS/c1-12(22-11-13-5-3-2-4-6-13)17(21)20-10-14-7-8-15(18)9-16(14)19/h2-9,12H,10-11H2,1H3,(H,20,21)/t12-/m1/s1. The van der Waals surface area contributed by atoms with Crippen LogP contribution in [0.15, 0.2) is 48.5 Å². The van der Waals surface area contributed by atoms with E-state index in [1.807, 2.05) is 31.2 Å². The third-order valence-corrected chi connectivity index (χ3v) is 4.98. The molecule has 0 saturated carbocycles. The molecular formula is C17H17Cl2NOS. The monoisotopic (exact) mass is 353 g/mol. The normalized spacial score (nSPS) is 12.0. The first-order valence-corrected chi connectivity index (χ1v) is 8.74. The van der Waals surface area contributed by atoms with Crippen molar-refractivity contribution in [1.82, 2.24) is 5.32 Å². The molecule has 0 unspecified atom stereocenters. The van der Waals surface area contributed by atoms with Crippen LogP contribution in [-0.4, -0.2) is 11.2 Å². The van der Waals surface area contributed by atoms with Gasteiger partial charge in [-0.05, 0) is 30.2 Å². The third kappa shape index (κ3) is 5.24. The fraction of sp³-hybridized carbons (Fsp3) is 0.235. The number of rotatable bonds is 6. The minimum Gasteiger partial charge on any atom is -0.351 e. The Morgan fingerprint density at radius 3 is 2.59 bits per heavy atom. The van der Waals surface area contributed by atoms with E-state index in [1.165, 1.54) is 5.56 Å². The summed E-state index contributed by atoms with van der Waals surface area (Å²) < 4.78 is 0. The zero-order valence-corrected chi connectivity index (χ0v) is 14.5. The highest BCUT2D eigenvalue weighted by Crippen LogP contribution is 2.21. The fourth-order valence-corrected chi connectivity index (χ4v) is 3.21. The molecule has 2 aromatic rings. The Balaban J connectivity index is 1.81. The van der Waals surface area contributed by atoms with E-state index >= 15 is 0 Å². The Kier molecular flexibility index (Phi) is 6.62. The van der Waals surface area contributed by atoms with Crippen molar-refractivity contribution in [2.75, 3.05) is 0 Å². The molecule has 0 saturated heterocycles. The Bertz CT molecular complexity index is 634. The van der Waals surface area contributed by atoms with Crippen LogP contribution >= 0.6 is 35.0 Å². The lowest BCUT2D eigenvalue weighted by atomic mass is 10.2. The molecule has 0 aromatic heterocycles. The van der Waals surface area contributed by atoms with Crippen LogP contribution in [0.2, 0.25) is 10.0 Å². The number of amides is 1. The van der Waals surface area contributed by atoms with Crippen LogP contribution in [0.5, 0.6) is 0 Å². The maximum atomic E-state index is 12.1. The van der Waals surface area contributed by atoms with Gasteiger partial charge in [-0.25, -0.2) is 0 Å². The molecule has 0 aliphatic heterocycles. The Hall–Kier alpha value is -1.16. The Labute approximate surface area is 145 Å². The van der Waals surface area contributed by atoms with Crippen molar-refractivity contribution >= 4 is 40.9 Å². The number of carbonyl (C=O) groups is 1. The number of hydrogen-bond donors (Lipinski definition) is 1. The number of thioether (sulfide) groups is 1. The van der Waals surface area contributed by atoms with E-state index in [2.05, 4.69) is 17.4 Å². The molecule has 2 rings (SSSR count). The van der Waals surface area contributed by atoms with Gasteiger partial charge in [-0.15, -0.1) is 11.8 Å². The number of carbonyl (C=O) groups excluding carboxylic acids is 1. The predicted molar refractivity (Wildman–Crippen MR) is 95.5 cm³/mol. The molecule has 0 spiro atoms. The van der Waals surface area contributed by atoms with Crippen molar-refractivity contribution in [1.29, 1.82) is 0 Å². The smallest absolute Gasteiger partial charge is 0.233 e. The molecule has 5 heteroatoms. The highest BCUT2D eigenvalue weighted by atomic mass is 35.5. The molecule has 0 heterocycles. The van der Waals surface area contributed by atoms with Crippen molar-refractivity contribution in [2.24, 2.45) is 0 Å². The van der Waals surface area contributed by atoms with Gasteiger partial charge in [0.25, 0.3) is 0 Å². The predicted octanol–water partition coefficient (Wildman–Crippen LogP) is 4.93. The average Bonchev–Trinajstić information content (AvgIpc) is 2.52. The number of hydrogen-bond acceptors (Lipinski definition) is 2. The summed E-state index contributed by atoms with van der Waals surface area (Å²) in [7, 11) is 0. The molecule has 116 valence electrons. The first-order valence-electron chi connectivity index (χ1n) is 6.93. The molecule has 0 radical (unpaired) electrons. The second kappa shape index (κ2) is 8.47. The SMILES string of the molecule is C[C@@H](SCc1ccccc1)C(=O)NCc1ccc(Cl)cc1Cl. The minimum absolute atomic E-state index is 0.00643. The summed E-state index contributed by atoms with van der Waals surface area (Å²) in [5.74, 6) is 0.823. The quantitative estimate of drug-likeness (QED) is 0.797. The van der Waals surface area contributed by atoms with Crippen LogP contribution in [0.1, 0.15) is 18.1 Å². The van der Waals surface area contributed by atoms with Crippen molar-refractivity contribution in [3.05, 3.63) is 69.7 Å². The van der Waals surface area contributed by atoms with Gasteiger partial charge in [-0.1, -0.05) is 59.6 Å². The molecule has 2 nitrogen and oxygen atoms in total. The van der Waals surface area contributed by atoms with Crippen molar-refractivity contribution in [3.8, 4) is 0 Å². The van der Waals surface area contributed by atoms with Gasteiger partial charge in [0.2, 0.25) is 5.91 Å². The van der Waals surface area contributed by atoms with E-state index < -0.39 is 0 Å². The summed E-state index contributed by atoms with van der Waals surface area (Å²) in [6.45, 7) is 2.32. The van der Waals surface area contributed by atoms with Gasteiger partial charge in [0.1, 0.15) is 0 Å². The molecule has 2 aromatic carbocycles. The van der Waals surface area contributed by atoms with Crippen LogP contribution in [0.25, 0.3) is 0 Å². The Morgan fingerprint density at radius 1 is 1.18 bits per heavy atom. The molecule has 22 heavy (non-hydrogen) atoms. The molecular weight excluding hydrogens is 337 g/mol. The fourth-order valence-electron chi connectivity index (χ4n) is 1.86. The van der Waals surface area contributed by atoms with Crippen LogP contribution in [-0.2, 0) is 17.1 Å². The topological polar surface area (TPSA) is 29.1 Å². The van der Waals surface area contributed by atoms with Gasteiger partial charge in [0, 0.05) is 22.3 Å². The van der Waals surface area contributed by atoms with E-state index in [1.54, 1.807) is 23.9 Å². The lowest BCUT2D eigenvalue weighted by Gasteiger charge is -2.13. The minimum atomic E-state index is -0.119. The third-order valence-electron chi connectivity index (χ3n) is 3.18. The largest absolute Gasteiger partial charge is 0.351 e. The van der Waals surface area contributed by atoms with Gasteiger partial charge >= 0.3 is 0 Å². The highest BCUT2D eigenvalue weighted by Gasteiger charge is 2.13. The zero-order valence-electron chi connectivity index (χ0n) is 12.2. The molecule has 1 amide bonds. The summed E-state index contributed by atoms with van der Waals surface area (Å²) in [5, 5.41) is 3.95. The van der Waals surface area contributed by atoms with E-state index in [9.17, 15) is 4.79 Å². The van der Waals surface area contributed by atoms with Crippen LogP contribution in [0.3, 0.4) is 0 Å². The van der Waals surface area contributed by atoms with E-state index in [-0.39, 0.29) is 11.2 Å². The van der Waals surface area contributed by atoms with Crippen LogP contribution in [0, 0.1) is 0 Å². The Morgan fingerprint density at radius 2 is 1.91 bits per heavy atom. The zero-order chi connectivity index (χ0) is 15.9. The lowest BCUT2D eigenvalue weighted by molar-refractivity contribution is -0.120. The maximum absolute atomic E-state index is 12.1. The van der Waals surface area contributed by atoms with E-state index in [4.69, 9.17) is 23.2 Å². The second-order valence-electron chi connectivity index (χ2n) is 4.89. The van der Waals surface area contributed by atoms with Crippen molar-refractivity contribution < 1.29 is 4.79 Å². The number of nitrogens with one attached hydrogen (secondary N) is 1. The van der Waals surface area contributed by atoms with E-state index in [0.29, 0.717) is 16.6 Å².